The summed E-state index contributed by atoms with van der Waals surface area (Å²) in [5.74, 6) is 0. The quantitative estimate of drug-likeness (QED) is 0.752. The van der Waals surface area contributed by atoms with Gasteiger partial charge in [0.05, 0.1) is 6.04 Å². The lowest BCUT2D eigenvalue weighted by atomic mass is 10.2. The lowest BCUT2D eigenvalue weighted by Crippen LogP contribution is -2.22. The molecule has 0 amide bonds. The highest BCUT2D eigenvalue weighted by molar-refractivity contribution is 5.05. The molecule has 0 bridgehead atoms. The summed E-state index contributed by atoms with van der Waals surface area (Å²) in [6.07, 6.45) is 6.79. The van der Waals surface area contributed by atoms with Gasteiger partial charge in [-0.1, -0.05) is 12.8 Å². The Kier molecular flexibility index (Phi) is 2.72. The number of aromatic amines is 1. The van der Waals surface area contributed by atoms with E-state index in [-0.39, 0.29) is 12.2 Å². The minimum absolute atomic E-state index is 0.0394. The first-order valence-electron chi connectivity index (χ1n) is 5.22. The Morgan fingerprint density at radius 3 is 2.86 bits per heavy atom. The number of rotatable bonds is 3. The lowest BCUT2D eigenvalue weighted by molar-refractivity contribution is 0.299. The summed E-state index contributed by atoms with van der Waals surface area (Å²) in [7, 11) is 0. The van der Waals surface area contributed by atoms with Crippen molar-refractivity contribution in [1.82, 2.24) is 9.78 Å². The van der Waals surface area contributed by atoms with Gasteiger partial charge in [-0.3, -0.25) is 4.79 Å². The van der Waals surface area contributed by atoms with Crippen LogP contribution in [-0.2, 0) is 6.42 Å². The Morgan fingerprint density at radius 2 is 2.21 bits per heavy atom. The van der Waals surface area contributed by atoms with E-state index in [0.717, 1.165) is 12.8 Å². The maximum Gasteiger partial charge on any atom is 0.269 e. The molecule has 0 aliphatic heterocycles. The summed E-state index contributed by atoms with van der Waals surface area (Å²) in [5, 5.41) is 11.8. The fraction of sp³-hybridized carbons (Fsp3) is 0.700. The minimum atomic E-state index is 0.0394. The van der Waals surface area contributed by atoms with Crippen molar-refractivity contribution in [2.75, 3.05) is 6.61 Å². The van der Waals surface area contributed by atoms with Crippen molar-refractivity contribution in [2.45, 2.75) is 38.1 Å². The predicted octanol–water partition coefficient (Wildman–Crippen LogP) is 0.826. The van der Waals surface area contributed by atoms with Gasteiger partial charge in [0.2, 0.25) is 0 Å². The zero-order valence-electron chi connectivity index (χ0n) is 8.20. The van der Waals surface area contributed by atoms with Crippen LogP contribution < -0.4 is 5.56 Å². The smallest absolute Gasteiger partial charge is 0.269 e. The molecule has 0 atom stereocenters. The maximum atomic E-state index is 11.8. The van der Waals surface area contributed by atoms with Gasteiger partial charge in [0.15, 0.2) is 0 Å². The molecule has 1 saturated carbocycles. The molecule has 0 saturated heterocycles. The van der Waals surface area contributed by atoms with Crippen molar-refractivity contribution < 1.29 is 5.11 Å². The van der Waals surface area contributed by atoms with Crippen LogP contribution in [0.2, 0.25) is 0 Å². The van der Waals surface area contributed by atoms with Crippen LogP contribution in [0.1, 0.15) is 37.3 Å². The molecule has 4 nitrogen and oxygen atoms in total. The standard InChI is InChI=1S/C10H16N2O2/c13-6-5-8-7-11-12(10(8)14)9-3-1-2-4-9/h7,9,11,13H,1-6H2. The van der Waals surface area contributed by atoms with Crippen LogP contribution in [0.15, 0.2) is 11.0 Å². The second-order valence-electron chi connectivity index (χ2n) is 3.89. The van der Waals surface area contributed by atoms with Gasteiger partial charge in [-0.15, -0.1) is 0 Å². The molecule has 1 aromatic rings. The molecule has 1 heterocycles. The molecule has 1 fully saturated rings. The lowest BCUT2D eigenvalue weighted by Gasteiger charge is -2.08. The molecular formula is C10H16N2O2. The molecule has 78 valence electrons. The Balaban J connectivity index is 2.21. The Bertz CT molecular complexity index is 347. The topological polar surface area (TPSA) is 58.0 Å². The van der Waals surface area contributed by atoms with Crippen LogP contribution in [0, 0.1) is 0 Å². The average Bonchev–Trinajstić information content (AvgIpc) is 2.77. The van der Waals surface area contributed by atoms with E-state index < -0.39 is 0 Å². The van der Waals surface area contributed by atoms with Crippen LogP contribution in [0.4, 0.5) is 0 Å². The van der Waals surface area contributed by atoms with Crippen molar-refractivity contribution >= 4 is 0 Å². The van der Waals surface area contributed by atoms with Gasteiger partial charge in [-0.25, -0.2) is 4.68 Å². The van der Waals surface area contributed by atoms with E-state index in [4.69, 9.17) is 5.11 Å². The number of aliphatic hydroxyl groups is 1. The molecule has 0 unspecified atom stereocenters. The Morgan fingerprint density at radius 1 is 1.50 bits per heavy atom. The molecule has 0 aromatic carbocycles. The van der Waals surface area contributed by atoms with Crippen LogP contribution in [0.25, 0.3) is 0 Å². The second kappa shape index (κ2) is 4.00. The first kappa shape index (κ1) is 9.52. The molecule has 2 N–H and O–H groups in total. The zero-order valence-corrected chi connectivity index (χ0v) is 8.20. The Labute approximate surface area is 82.5 Å². The van der Waals surface area contributed by atoms with E-state index in [1.165, 1.54) is 12.8 Å². The van der Waals surface area contributed by atoms with Crippen molar-refractivity contribution in [3.8, 4) is 0 Å². The van der Waals surface area contributed by atoms with E-state index in [9.17, 15) is 4.79 Å². The van der Waals surface area contributed by atoms with Crippen LogP contribution in [0.3, 0.4) is 0 Å². The molecule has 0 radical (unpaired) electrons. The number of H-pyrrole nitrogens is 1. The van der Waals surface area contributed by atoms with Gasteiger partial charge in [0.25, 0.3) is 5.56 Å². The normalized spacial score (nSPS) is 17.8. The highest BCUT2D eigenvalue weighted by Gasteiger charge is 2.19. The van der Waals surface area contributed by atoms with E-state index >= 15 is 0 Å². The molecule has 14 heavy (non-hydrogen) atoms. The highest BCUT2D eigenvalue weighted by Crippen LogP contribution is 2.27. The summed E-state index contributed by atoms with van der Waals surface area (Å²) in [5.41, 5.74) is 0.741. The number of hydrogen-bond acceptors (Lipinski definition) is 2. The van der Waals surface area contributed by atoms with Crippen LogP contribution in [0.5, 0.6) is 0 Å². The molecule has 1 aliphatic rings. The monoisotopic (exact) mass is 196 g/mol. The van der Waals surface area contributed by atoms with Crippen molar-refractivity contribution in [3.63, 3.8) is 0 Å². The zero-order chi connectivity index (χ0) is 9.97. The fourth-order valence-electron chi connectivity index (χ4n) is 2.16. The van der Waals surface area contributed by atoms with E-state index in [1.54, 1.807) is 10.9 Å². The summed E-state index contributed by atoms with van der Waals surface area (Å²) in [4.78, 5) is 11.8. The summed E-state index contributed by atoms with van der Waals surface area (Å²) in [6, 6.07) is 0.356. The van der Waals surface area contributed by atoms with Gasteiger partial charge in [-0.05, 0) is 12.8 Å². The Hall–Kier alpha value is -1.03. The number of aromatic nitrogens is 2. The van der Waals surface area contributed by atoms with Crippen molar-refractivity contribution in [3.05, 3.63) is 22.1 Å². The van der Waals surface area contributed by atoms with E-state index in [2.05, 4.69) is 5.10 Å². The summed E-state index contributed by atoms with van der Waals surface area (Å²) in [6.45, 7) is 0.0394. The highest BCUT2D eigenvalue weighted by atomic mass is 16.3. The minimum Gasteiger partial charge on any atom is -0.396 e. The number of nitrogens with zero attached hydrogens (tertiary/aromatic N) is 1. The predicted molar refractivity (Wildman–Crippen MR) is 53.3 cm³/mol. The third-order valence-electron chi connectivity index (χ3n) is 2.94. The number of hydrogen-bond donors (Lipinski definition) is 2. The van der Waals surface area contributed by atoms with Crippen LogP contribution in [-0.4, -0.2) is 21.5 Å². The first-order valence-corrected chi connectivity index (χ1v) is 5.22. The molecular weight excluding hydrogens is 180 g/mol. The third-order valence-corrected chi connectivity index (χ3v) is 2.94. The van der Waals surface area contributed by atoms with Gasteiger partial charge in [0.1, 0.15) is 0 Å². The molecule has 4 heteroatoms. The van der Waals surface area contributed by atoms with Crippen molar-refractivity contribution in [2.24, 2.45) is 0 Å². The SMILES string of the molecule is O=c1c(CCO)c[nH]n1C1CCCC1. The largest absolute Gasteiger partial charge is 0.396 e. The second-order valence-corrected chi connectivity index (χ2v) is 3.89. The van der Waals surface area contributed by atoms with E-state index in [0.29, 0.717) is 18.0 Å². The maximum absolute atomic E-state index is 11.8. The third kappa shape index (κ3) is 1.62. The van der Waals surface area contributed by atoms with Gasteiger partial charge in [-0.2, -0.15) is 0 Å². The van der Waals surface area contributed by atoms with Crippen molar-refractivity contribution in [1.29, 1.82) is 0 Å². The van der Waals surface area contributed by atoms with Gasteiger partial charge in [0, 0.05) is 24.8 Å². The average molecular weight is 196 g/mol. The van der Waals surface area contributed by atoms with Gasteiger partial charge >= 0.3 is 0 Å². The van der Waals surface area contributed by atoms with Gasteiger partial charge < -0.3 is 10.2 Å². The molecule has 1 aliphatic carbocycles. The number of nitrogens with one attached hydrogen (secondary N) is 1. The summed E-state index contributed by atoms with van der Waals surface area (Å²) < 4.78 is 1.72. The molecule has 1 aromatic heterocycles. The summed E-state index contributed by atoms with van der Waals surface area (Å²) >= 11 is 0. The molecule has 2 rings (SSSR count). The van der Waals surface area contributed by atoms with Crippen LogP contribution >= 0.6 is 0 Å². The van der Waals surface area contributed by atoms with E-state index in [1.807, 2.05) is 0 Å². The molecule has 0 spiro atoms. The number of aliphatic hydroxyl groups excluding tert-OH is 1. The first-order chi connectivity index (χ1) is 6.83. The fourth-order valence-corrected chi connectivity index (χ4v) is 2.16.